The van der Waals surface area contributed by atoms with Gasteiger partial charge in [0.2, 0.25) is 5.89 Å². The van der Waals surface area contributed by atoms with Crippen LogP contribution in [-0.2, 0) is 5.41 Å². The lowest BCUT2D eigenvalue weighted by atomic mass is 9.94. The first-order valence-corrected chi connectivity index (χ1v) is 9.47. The fourth-order valence-electron chi connectivity index (χ4n) is 2.47. The van der Waals surface area contributed by atoms with Crippen molar-refractivity contribution in [2.45, 2.75) is 26.2 Å². The number of anilines is 1. The molecule has 0 radical (unpaired) electrons. The number of thiazole rings is 1. The number of amides is 2. The van der Waals surface area contributed by atoms with E-state index in [9.17, 15) is 4.79 Å². The van der Waals surface area contributed by atoms with Crippen molar-refractivity contribution < 1.29 is 9.21 Å². The molecule has 1 fully saturated rings. The summed E-state index contributed by atoms with van der Waals surface area (Å²) in [5, 5.41) is 3.47. The molecule has 1 aliphatic rings. The molecular weight excluding hydrogens is 350 g/mol. The molecule has 8 heteroatoms. The van der Waals surface area contributed by atoms with Gasteiger partial charge in [0.05, 0.1) is 6.20 Å². The molecule has 3 rings (SSSR count). The van der Waals surface area contributed by atoms with Gasteiger partial charge >= 0.3 is 6.03 Å². The summed E-state index contributed by atoms with van der Waals surface area (Å²) in [6.07, 6.45) is 7.19. The van der Waals surface area contributed by atoms with Gasteiger partial charge in [0.15, 0.2) is 5.13 Å². The first-order valence-electron chi connectivity index (χ1n) is 8.66. The van der Waals surface area contributed by atoms with Gasteiger partial charge in [0.1, 0.15) is 5.76 Å². The smallest absolute Gasteiger partial charge is 0.323 e. The average molecular weight is 375 g/mol. The van der Waals surface area contributed by atoms with E-state index in [0.717, 1.165) is 36.8 Å². The summed E-state index contributed by atoms with van der Waals surface area (Å²) in [5.74, 6) is 1.41. The lowest BCUT2D eigenvalue weighted by molar-refractivity contribution is 0.164. The van der Waals surface area contributed by atoms with Crippen molar-refractivity contribution in [3.63, 3.8) is 0 Å². The SMILES string of the molecule is CN1CCN(C(=O)Nc2ncc(/C=C/c3ncc(C(C)(C)C)o3)s2)CC1. The van der Waals surface area contributed by atoms with Crippen LogP contribution in [0.15, 0.2) is 16.8 Å². The van der Waals surface area contributed by atoms with Gasteiger partial charge in [-0.3, -0.25) is 5.32 Å². The van der Waals surface area contributed by atoms with Crippen LogP contribution < -0.4 is 5.32 Å². The summed E-state index contributed by atoms with van der Waals surface area (Å²) in [6.45, 7) is 9.51. The zero-order valence-electron chi connectivity index (χ0n) is 15.7. The van der Waals surface area contributed by atoms with E-state index in [1.54, 1.807) is 12.4 Å². The number of carbonyl (C=O) groups excluding carboxylic acids is 1. The van der Waals surface area contributed by atoms with Crippen molar-refractivity contribution >= 4 is 34.7 Å². The second-order valence-electron chi connectivity index (χ2n) is 7.43. The number of oxazole rings is 1. The van der Waals surface area contributed by atoms with Crippen molar-refractivity contribution in [3.8, 4) is 0 Å². The Kier molecular flexibility index (Phi) is 5.43. The van der Waals surface area contributed by atoms with Crippen molar-refractivity contribution in [3.05, 3.63) is 28.9 Å². The molecule has 0 bridgehead atoms. The minimum atomic E-state index is -0.0921. The maximum atomic E-state index is 12.3. The van der Waals surface area contributed by atoms with Crippen LogP contribution >= 0.6 is 11.3 Å². The first kappa shape index (κ1) is 18.6. The fourth-order valence-corrected chi connectivity index (χ4v) is 3.17. The third-order valence-electron chi connectivity index (χ3n) is 4.18. The summed E-state index contributed by atoms with van der Waals surface area (Å²) >= 11 is 1.42. The van der Waals surface area contributed by atoms with Gasteiger partial charge < -0.3 is 14.2 Å². The third-order valence-corrected chi connectivity index (χ3v) is 5.06. The highest BCUT2D eigenvalue weighted by molar-refractivity contribution is 7.16. The number of urea groups is 1. The lowest BCUT2D eigenvalue weighted by Crippen LogP contribution is -2.48. The average Bonchev–Trinajstić information content (AvgIpc) is 3.22. The number of hydrogen-bond donors (Lipinski definition) is 1. The molecule has 0 aromatic carbocycles. The van der Waals surface area contributed by atoms with Gasteiger partial charge in [0, 0.05) is 48.7 Å². The van der Waals surface area contributed by atoms with Crippen molar-refractivity contribution in [2.24, 2.45) is 0 Å². The first-order chi connectivity index (χ1) is 12.3. The van der Waals surface area contributed by atoms with Crippen LogP contribution in [0.2, 0.25) is 0 Å². The summed E-state index contributed by atoms with van der Waals surface area (Å²) in [5.41, 5.74) is -0.0652. The highest BCUT2D eigenvalue weighted by atomic mass is 32.1. The summed E-state index contributed by atoms with van der Waals surface area (Å²) in [6, 6.07) is -0.0921. The Balaban J connectivity index is 1.57. The van der Waals surface area contributed by atoms with Crippen molar-refractivity contribution in [2.75, 3.05) is 38.5 Å². The molecule has 2 aromatic rings. The van der Waals surface area contributed by atoms with Crippen LogP contribution in [0.5, 0.6) is 0 Å². The molecule has 0 spiro atoms. The molecule has 1 N–H and O–H groups in total. The minimum absolute atomic E-state index is 0.0652. The maximum Gasteiger partial charge on any atom is 0.323 e. The monoisotopic (exact) mass is 375 g/mol. The molecular formula is C18H25N5O2S. The van der Waals surface area contributed by atoms with E-state index in [1.165, 1.54) is 11.3 Å². The molecule has 0 aliphatic carbocycles. The molecule has 1 saturated heterocycles. The summed E-state index contributed by atoms with van der Waals surface area (Å²) in [7, 11) is 2.06. The molecule has 26 heavy (non-hydrogen) atoms. The van der Waals surface area contributed by atoms with Gasteiger partial charge in [-0.15, -0.1) is 0 Å². The Bertz CT molecular complexity index is 782. The number of likely N-dealkylation sites (N-methyl/N-ethyl adjacent to an activating group) is 1. The molecule has 7 nitrogen and oxygen atoms in total. The number of rotatable bonds is 3. The molecule has 0 atom stereocenters. The van der Waals surface area contributed by atoms with Crippen LogP contribution in [0.4, 0.5) is 9.93 Å². The van der Waals surface area contributed by atoms with Gasteiger partial charge in [-0.05, 0) is 13.1 Å². The zero-order valence-corrected chi connectivity index (χ0v) is 16.5. The number of nitrogens with one attached hydrogen (secondary N) is 1. The molecule has 2 amide bonds. The Morgan fingerprint density at radius 3 is 2.58 bits per heavy atom. The predicted molar refractivity (Wildman–Crippen MR) is 104 cm³/mol. The normalized spacial score (nSPS) is 16.4. The van der Waals surface area contributed by atoms with Gasteiger partial charge in [-0.2, -0.15) is 0 Å². The highest BCUT2D eigenvalue weighted by Crippen LogP contribution is 2.24. The molecule has 0 unspecified atom stereocenters. The molecule has 3 heterocycles. The predicted octanol–water partition coefficient (Wildman–Crippen LogP) is 3.38. The Morgan fingerprint density at radius 2 is 1.92 bits per heavy atom. The van der Waals surface area contributed by atoms with Crippen LogP contribution in [0.3, 0.4) is 0 Å². The maximum absolute atomic E-state index is 12.3. The topological polar surface area (TPSA) is 74.5 Å². The molecule has 2 aromatic heterocycles. The van der Waals surface area contributed by atoms with E-state index in [0.29, 0.717) is 11.0 Å². The van der Waals surface area contributed by atoms with Crippen molar-refractivity contribution in [1.29, 1.82) is 0 Å². The number of piperazine rings is 1. The lowest BCUT2D eigenvalue weighted by Gasteiger charge is -2.32. The Morgan fingerprint density at radius 1 is 1.19 bits per heavy atom. The van der Waals surface area contributed by atoms with Gasteiger partial charge in [0.25, 0.3) is 0 Å². The number of nitrogens with zero attached hydrogens (tertiary/aromatic N) is 4. The standard InChI is InChI=1S/C18H25N5O2S/c1-18(2,3)14-12-19-15(25-14)6-5-13-11-20-16(26-13)21-17(24)23-9-7-22(4)8-10-23/h5-6,11-12H,7-10H2,1-4H3,(H,20,21,24)/b6-5+. The van der Waals surface area contributed by atoms with Gasteiger partial charge in [-0.1, -0.05) is 32.1 Å². The second kappa shape index (κ2) is 7.59. The van der Waals surface area contributed by atoms with E-state index >= 15 is 0 Å². The second-order valence-corrected chi connectivity index (χ2v) is 8.50. The molecule has 1 aliphatic heterocycles. The fraction of sp³-hybridized carbons (Fsp3) is 0.500. The van der Waals surface area contributed by atoms with Crippen LogP contribution in [0, 0.1) is 0 Å². The van der Waals surface area contributed by atoms with Gasteiger partial charge in [-0.25, -0.2) is 14.8 Å². The zero-order chi connectivity index (χ0) is 18.7. The number of carbonyl (C=O) groups is 1. The highest BCUT2D eigenvalue weighted by Gasteiger charge is 2.20. The van der Waals surface area contributed by atoms with E-state index in [1.807, 2.05) is 17.1 Å². The minimum Gasteiger partial charge on any atom is -0.441 e. The third kappa shape index (κ3) is 4.70. The summed E-state index contributed by atoms with van der Waals surface area (Å²) in [4.78, 5) is 25.8. The van der Waals surface area contributed by atoms with E-state index < -0.39 is 0 Å². The van der Waals surface area contributed by atoms with Crippen LogP contribution in [-0.4, -0.2) is 59.0 Å². The van der Waals surface area contributed by atoms with Crippen LogP contribution in [0.1, 0.15) is 37.3 Å². The quantitative estimate of drug-likeness (QED) is 0.890. The van der Waals surface area contributed by atoms with E-state index in [4.69, 9.17) is 4.42 Å². The number of hydrogen-bond acceptors (Lipinski definition) is 6. The molecule has 140 valence electrons. The van der Waals surface area contributed by atoms with E-state index in [-0.39, 0.29) is 11.4 Å². The summed E-state index contributed by atoms with van der Waals surface area (Å²) < 4.78 is 5.74. The molecule has 0 saturated carbocycles. The Hall–Kier alpha value is -2.19. The Labute approximate surface area is 157 Å². The van der Waals surface area contributed by atoms with Crippen LogP contribution in [0.25, 0.3) is 12.2 Å². The van der Waals surface area contributed by atoms with Crippen molar-refractivity contribution in [1.82, 2.24) is 19.8 Å². The van der Waals surface area contributed by atoms with E-state index in [2.05, 4.69) is 48.0 Å². The largest absolute Gasteiger partial charge is 0.441 e. The number of aromatic nitrogens is 2.